The number of amides is 1. The molecular formula is C17H23BrCl2N2O2. The van der Waals surface area contributed by atoms with Crippen LogP contribution in [0.25, 0.3) is 0 Å². The van der Waals surface area contributed by atoms with Crippen LogP contribution in [0, 0.1) is 0 Å². The Balaban J connectivity index is 2.05. The SMILES string of the molecule is CC(C)(C)OC(=O)N1CCCCC1CNc1c(Cl)cc(Br)cc1Cl. The Hall–Kier alpha value is -0.650. The van der Waals surface area contributed by atoms with Gasteiger partial charge in [-0.1, -0.05) is 39.1 Å². The first-order valence-corrected chi connectivity index (χ1v) is 9.60. The zero-order chi connectivity index (χ0) is 17.9. The van der Waals surface area contributed by atoms with Gasteiger partial charge < -0.3 is 15.0 Å². The summed E-state index contributed by atoms with van der Waals surface area (Å²) in [5, 5.41) is 4.39. The van der Waals surface area contributed by atoms with Gasteiger partial charge in [0.05, 0.1) is 21.8 Å². The number of hydrogen-bond donors (Lipinski definition) is 1. The number of ether oxygens (including phenoxy) is 1. The van der Waals surface area contributed by atoms with Gasteiger partial charge in [-0.05, 0) is 52.2 Å². The van der Waals surface area contributed by atoms with E-state index in [1.165, 1.54) is 0 Å². The number of nitrogens with one attached hydrogen (secondary N) is 1. The van der Waals surface area contributed by atoms with Crippen LogP contribution in [0.1, 0.15) is 40.0 Å². The molecule has 0 radical (unpaired) electrons. The van der Waals surface area contributed by atoms with Crippen molar-refractivity contribution in [1.82, 2.24) is 4.90 Å². The molecule has 0 aromatic heterocycles. The van der Waals surface area contributed by atoms with E-state index in [0.717, 1.165) is 23.7 Å². The lowest BCUT2D eigenvalue weighted by atomic mass is 10.0. The van der Waals surface area contributed by atoms with Crippen molar-refractivity contribution in [3.8, 4) is 0 Å². The van der Waals surface area contributed by atoms with Crippen LogP contribution in [-0.4, -0.2) is 35.7 Å². The van der Waals surface area contributed by atoms with Gasteiger partial charge in [0, 0.05) is 17.6 Å². The highest BCUT2D eigenvalue weighted by Gasteiger charge is 2.30. The van der Waals surface area contributed by atoms with Crippen molar-refractivity contribution in [3.05, 3.63) is 26.7 Å². The molecule has 2 rings (SSSR count). The van der Waals surface area contributed by atoms with Crippen LogP contribution < -0.4 is 5.32 Å². The maximum absolute atomic E-state index is 12.4. The third-order valence-corrected chi connectivity index (χ3v) is 4.83. The highest BCUT2D eigenvalue weighted by molar-refractivity contribution is 9.10. The molecule has 1 atom stereocenters. The van der Waals surface area contributed by atoms with E-state index in [-0.39, 0.29) is 12.1 Å². The largest absolute Gasteiger partial charge is 0.444 e. The predicted molar refractivity (Wildman–Crippen MR) is 103 cm³/mol. The molecule has 1 N–H and O–H groups in total. The lowest BCUT2D eigenvalue weighted by molar-refractivity contribution is 0.0114. The Morgan fingerprint density at radius 2 is 1.96 bits per heavy atom. The number of rotatable bonds is 3. The molecule has 0 spiro atoms. The van der Waals surface area contributed by atoms with Crippen LogP contribution >= 0.6 is 39.1 Å². The second-order valence-electron chi connectivity index (χ2n) is 6.95. The Kier molecular flexibility index (Phi) is 6.68. The van der Waals surface area contributed by atoms with Gasteiger partial charge in [-0.3, -0.25) is 0 Å². The van der Waals surface area contributed by atoms with Crippen molar-refractivity contribution in [2.24, 2.45) is 0 Å². The van der Waals surface area contributed by atoms with E-state index in [2.05, 4.69) is 21.2 Å². The number of carbonyl (C=O) groups excluding carboxylic acids is 1. The Bertz CT molecular complexity index is 582. The van der Waals surface area contributed by atoms with Gasteiger partial charge in [0.25, 0.3) is 0 Å². The van der Waals surface area contributed by atoms with E-state index in [4.69, 9.17) is 27.9 Å². The van der Waals surface area contributed by atoms with Gasteiger partial charge in [0.15, 0.2) is 0 Å². The summed E-state index contributed by atoms with van der Waals surface area (Å²) in [4.78, 5) is 14.2. The van der Waals surface area contributed by atoms with Gasteiger partial charge in [0.2, 0.25) is 0 Å². The zero-order valence-corrected chi connectivity index (χ0v) is 17.3. The topological polar surface area (TPSA) is 41.6 Å². The molecule has 1 aliphatic rings. The minimum Gasteiger partial charge on any atom is -0.444 e. The van der Waals surface area contributed by atoms with Gasteiger partial charge in [-0.25, -0.2) is 4.79 Å². The first-order valence-electron chi connectivity index (χ1n) is 8.05. The van der Waals surface area contributed by atoms with Gasteiger partial charge in [-0.2, -0.15) is 0 Å². The molecule has 134 valence electrons. The van der Waals surface area contributed by atoms with Crippen molar-refractivity contribution in [3.63, 3.8) is 0 Å². The third kappa shape index (κ3) is 5.43. The van der Waals surface area contributed by atoms with Crippen LogP contribution in [0.5, 0.6) is 0 Å². The maximum Gasteiger partial charge on any atom is 0.410 e. The zero-order valence-electron chi connectivity index (χ0n) is 14.2. The first kappa shape index (κ1) is 19.7. The monoisotopic (exact) mass is 436 g/mol. The molecule has 1 amide bonds. The van der Waals surface area contributed by atoms with Crippen LogP contribution in [0.2, 0.25) is 10.0 Å². The maximum atomic E-state index is 12.4. The molecule has 7 heteroatoms. The van der Waals surface area contributed by atoms with Crippen molar-refractivity contribution < 1.29 is 9.53 Å². The molecule has 1 aliphatic heterocycles. The highest BCUT2D eigenvalue weighted by Crippen LogP contribution is 2.34. The Morgan fingerprint density at radius 3 is 2.54 bits per heavy atom. The fourth-order valence-corrected chi connectivity index (χ4v) is 4.05. The molecular weight excluding hydrogens is 415 g/mol. The molecule has 1 heterocycles. The minimum atomic E-state index is -0.495. The van der Waals surface area contributed by atoms with Crippen molar-refractivity contribution in [2.75, 3.05) is 18.4 Å². The summed E-state index contributed by atoms with van der Waals surface area (Å²) in [6.45, 7) is 6.93. The fraction of sp³-hybridized carbons (Fsp3) is 0.588. The quantitative estimate of drug-likeness (QED) is 0.634. The van der Waals surface area contributed by atoms with E-state index in [1.54, 1.807) is 12.1 Å². The fourth-order valence-electron chi connectivity index (χ4n) is 2.70. The highest BCUT2D eigenvalue weighted by atomic mass is 79.9. The average Bonchev–Trinajstić information content (AvgIpc) is 2.44. The van der Waals surface area contributed by atoms with E-state index in [1.807, 2.05) is 25.7 Å². The number of anilines is 1. The lowest BCUT2D eigenvalue weighted by Crippen LogP contribution is -2.48. The standard InChI is InChI=1S/C17H23BrCl2N2O2/c1-17(2,3)24-16(23)22-7-5-4-6-12(22)10-21-15-13(19)8-11(18)9-14(15)20/h8-9,12,21H,4-7,10H2,1-3H3. The van der Waals surface area contributed by atoms with Crippen LogP contribution in [0.3, 0.4) is 0 Å². The van der Waals surface area contributed by atoms with E-state index in [0.29, 0.717) is 28.8 Å². The molecule has 1 fully saturated rings. The number of nitrogens with zero attached hydrogens (tertiary/aromatic N) is 1. The number of benzene rings is 1. The summed E-state index contributed by atoms with van der Waals surface area (Å²) in [5.41, 5.74) is 0.196. The summed E-state index contributed by atoms with van der Waals surface area (Å²) < 4.78 is 6.35. The summed E-state index contributed by atoms with van der Waals surface area (Å²) in [6, 6.07) is 3.65. The van der Waals surface area contributed by atoms with Crippen molar-refractivity contribution in [1.29, 1.82) is 0 Å². The molecule has 1 saturated heterocycles. The van der Waals surface area contributed by atoms with Crippen LogP contribution in [0.15, 0.2) is 16.6 Å². The van der Waals surface area contributed by atoms with Gasteiger partial charge in [0.1, 0.15) is 5.60 Å². The molecule has 1 aromatic rings. The van der Waals surface area contributed by atoms with Gasteiger partial charge in [-0.15, -0.1) is 0 Å². The number of likely N-dealkylation sites (tertiary alicyclic amines) is 1. The summed E-state index contributed by atoms with van der Waals surface area (Å²) in [6.07, 6.45) is 2.75. The Morgan fingerprint density at radius 1 is 1.33 bits per heavy atom. The molecule has 1 aromatic carbocycles. The summed E-state index contributed by atoms with van der Waals surface area (Å²) >= 11 is 15.9. The Labute approximate surface area is 161 Å². The first-order chi connectivity index (χ1) is 11.2. The molecule has 0 aliphatic carbocycles. The third-order valence-electron chi connectivity index (χ3n) is 3.78. The van der Waals surface area contributed by atoms with Gasteiger partial charge >= 0.3 is 6.09 Å². The molecule has 0 saturated carbocycles. The number of piperidine rings is 1. The summed E-state index contributed by atoms with van der Waals surface area (Å²) in [7, 11) is 0. The normalized spacial score (nSPS) is 18.4. The summed E-state index contributed by atoms with van der Waals surface area (Å²) in [5.74, 6) is 0. The molecule has 0 bridgehead atoms. The van der Waals surface area contributed by atoms with E-state index < -0.39 is 5.60 Å². The van der Waals surface area contributed by atoms with E-state index in [9.17, 15) is 4.79 Å². The minimum absolute atomic E-state index is 0.0596. The second-order valence-corrected chi connectivity index (χ2v) is 8.68. The molecule has 4 nitrogen and oxygen atoms in total. The molecule has 1 unspecified atom stereocenters. The number of halogens is 3. The van der Waals surface area contributed by atoms with E-state index >= 15 is 0 Å². The lowest BCUT2D eigenvalue weighted by Gasteiger charge is -2.37. The van der Waals surface area contributed by atoms with Crippen LogP contribution in [0.4, 0.5) is 10.5 Å². The second kappa shape index (κ2) is 8.15. The number of carbonyl (C=O) groups is 1. The van der Waals surface area contributed by atoms with Crippen molar-refractivity contribution in [2.45, 2.75) is 51.7 Å². The molecule has 24 heavy (non-hydrogen) atoms. The average molecular weight is 438 g/mol. The van der Waals surface area contributed by atoms with Crippen molar-refractivity contribution >= 4 is 50.9 Å². The smallest absolute Gasteiger partial charge is 0.410 e. The number of hydrogen-bond acceptors (Lipinski definition) is 3. The predicted octanol–water partition coefficient (Wildman–Crippen LogP) is 5.96. The van der Waals surface area contributed by atoms with Crippen LogP contribution in [-0.2, 0) is 4.74 Å².